The standard InChI is InChI=1S/C22H24N4O2/c1-15-24-21(25-28-15)22(14-16-4-5-16)8-11-26(12-9-22)20(27)18-6-7-19-17(13-18)3-2-10-23-19/h2-3,6-7,10,13,16H,4-5,8-9,11-12,14H2,1H3. The number of aromatic nitrogens is 3. The minimum Gasteiger partial charge on any atom is -0.340 e. The molecule has 28 heavy (non-hydrogen) atoms. The monoisotopic (exact) mass is 376 g/mol. The number of aryl methyl sites for hydroxylation is 1. The van der Waals surface area contributed by atoms with Crippen molar-refractivity contribution in [1.82, 2.24) is 20.0 Å². The molecule has 0 radical (unpaired) electrons. The van der Waals surface area contributed by atoms with Gasteiger partial charge in [0.25, 0.3) is 5.91 Å². The number of amides is 1. The van der Waals surface area contributed by atoms with Crippen LogP contribution in [0.3, 0.4) is 0 Å². The van der Waals surface area contributed by atoms with Crippen LogP contribution in [0.25, 0.3) is 10.9 Å². The fraction of sp³-hybridized carbons (Fsp3) is 0.455. The van der Waals surface area contributed by atoms with Gasteiger partial charge in [-0.1, -0.05) is 24.1 Å². The summed E-state index contributed by atoms with van der Waals surface area (Å²) in [5.74, 6) is 2.32. The van der Waals surface area contributed by atoms with Crippen molar-refractivity contribution < 1.29 is 9.32 Å². The van der Waals surface area contributed by atoms with Gasteiger partial charge in [-0.15, -0.1) is 0 Å². The quantitative estimate of drug-likeness (QED) is 0.690. The average Bonchev–Trinajstić information content (AvgIpc) is 3.43. The highest BCUT2D eigenvalue weighted by atomic mass is 16.5. The van der Waals surface area contributed by atoms with Gasteiger partial charge in [0.15, 0.2) is 5.82 Å². The fourth-order valence-corrected chi connectivity index (χ4v) is 4.44. The summed E-state index contributed by atoms with van der Waals surface area (Å²) in [7, 11) is 0. The average molecular weight is 376 g/mol. The van der Waals surface area contributed by atoms with Crippen LogP contribution in [0.4, 0.5) is 0 Å². The number of benzene rings is 1. The molecular weight excluding hydrogens is 352 g/mol. The molecule has 3 heterocycles. The Kier molecular flexibility index (Phi) is 4.14. The van der Waals surface area contributed by atoms with Gasteiger partial charge >= 0.3 is 0 Å². The molecule has 2 aromatic heterocycles. The van der Waals surface area contributed by atoms with E-state index in [9.17, 15) is 4.79 Å². The van der Waals surface area contributed by atoms with Crippen molar-refractivity contribution in [3.05, 3.63) is 53.8 Å². The summed E-state index contributed by atoms with van der Waals surface area (Å²) in [6.07, 6.45) is 7.26. The third-order valence-corrected chi connectivity index (χ3v) is 6.24. The minimum absolute atomic E-state index is 0.0526. The molecule has 1 saturated carbocycles. The molecule has 5 rings (SSSR count). The Bertz CT molecular complexity index is 1020. The zero-order valence-corrected chi connectivity index (χ0v) is 16.1. The maximum absolute atomic E-state index is 13.1. The summed E-state index contributed by atoms with van der Waals surface area (Å²) in [5.41, 5.74) is 1.59. The maximum atomic E-state index is 13.1. The molecule has 6 heteroatoms. The van der Waals surface area contributed by atoms with Gasteiger partial charge in [-0.2, -0.15) is 4.98 Å². The third kappa shape index (κ3) is 3.17. The predicted octanol–water partition coefficient (Wildman–Crippen LogP) is 3.90. The van der Waals surface area contributed by atoms with E-state index in [1.54, 1.807) is 6.20 Å². The smallest absolute Gasteiger partial charge is 0.253 e. The van der Waals surface area contributed by atoms with Crippen LogP contribution in [-0.4, -0.2) is 39.0 Å². The molecule has 1 saturated heterocycles. The lowest BCUT2D eigenvalue weighted by Gasteiger charge is -2.40. The molecule has 0 N–H and O–H groups in total. The maximum Gasteiger partial charge on any atom is 0.253 e. The summed E-state index contributed by atoms with van der Waals surface area (Å²) >= 11 is 0. The summed E-state index contributed by atoms with van der Waals surface area (Å²) in [4.78, 5) is 23.9. The zero-order valence-electron chi connectivity index (χ0n) is 16.1. The molecule has 1 aromatic carbocycles. The molecule has 0 spiro atoms. The minimum atomic E-state index is -0.0526. The van der Waals surface area contributed by atoms with E-state index in [-0.39, 0.29) is 11.3 Å². The number of carbonyl (C=O) groups is 1. The molecule has 0 bridgehead atoms. The van der Waals surface area contributed by atoms with Crippen molar-refractivity contribution in [3.63, 3.8) is 0 Å². The number of hydrogen-bond donors (Lipinski definition) is 0. The number of likely N-dealkylation sites (tertiary alicyclic amines) is 1. The summed E-state index contributed by atoms with van der Waals surface area (Å²) < 4.78 is 5.28. The van der Waals surface area contributed by atoms with Gasteiger partial charge in [0.2, 0.25) is 5.89 Å². The number of pyridine rings is 1. The second-order valence-electron chi connectivity index (χ2n) is 8.27. The lowest BCUT2D eigenvalue weighted by atomic mass is 9.73. The predicted molar refractivity (Wildman–Crippen MR) is 105 cm³/mol. The first-order valence-corrected chi connectivity index (χ1v) is 10.1. The first-order valence-electron chi connectivity index (χ1n) is 10.1. The molecular formula is C22H24N4O2. The van der Waals surface area contributed by atoms with E-state index in [4.69, 9.17) is 4.52 Å². The van der Waals surface area contributed by atoms with Crippen LogP contribution in [0.2, 0.25) is 0 Å². The molecule has 2 aliphatic rings. The van der Waals surface area contributed by atoms with E-state index in [1.807, 2.05) is 42.2 Å². The van der Waals surface area contributed by atoms with Crippen LogP contribution in [0, 0.1) is 12.8 Å². The second kappa shape index (κ2) is 6.69. The number of hydrogen-bond acceptors (Lipinski definition) is 5. The van der Waals surface area contributed by atoms with Gasteiger partial charge in [0.1, 0.15) is 0 Å². The molecule has 1 aliphatic heterocycles. The van der Waals surface area contributed by atoms with Gasteiger partial charge in [-0.25, -0.2) is 0 Å². The van der Waals surface area contributed by atoms with Crippen molar-refractivity contribution in [2.24, 2.45) is 5.92 Å². The largest absolute Gasteiger partial charge is 0.340 e. The normalized spacial score (nSPS) is 19.1. The van der Waals surface area contributed by atoms with Gasteiger partial charge in [-0.3, -0.25) is 9.78 Å². The first-order chi connectivity index (χ1) is 13.6. The van der Waals surface area contributed by atoms with Gasteiger partial charge in [0, 0.05) is 42.6 Å². The van der Waals surface area contributed by atoms with Crippen molar-refractivity contribution in [1.29, 1.82) is 0 Å². The number of fused-ring (bicyclic) bond motifs is 1. The number of nitrogens with zero attached hydrogens (tertiary/aromatic N) is 4. The summed E-state index contributed by atoms with van der Waals surface area (Å²) in [5, 5.41) is 5.25. The Balaban J connectivity index is 1.35. The SMILES string of the molecule is Cc1nc(C2(CC3CC3)CCN(C(=O)c3ccc4ncccc4c3)CC2)no1. The van der Waals surface area contributed by atoms with Crippen LogP contribution in [0.1, 0.15) is 54.2 Å². The molecule has 0 unspecified atom stereocenters. The van der Waals surface area contributed by atoms with Crippen LogP contribution in [0.15, 0.2) is 41.1 Å². The van der Waals surface area contributed by atoms with Gasteiger partial charge < -0.3 is 9.42 Å². The summed E-state index contributed by atoms with van der Waals surface area (Å²) in [6, 6.07) is 9.64. The van der Waals surface area contributed by atoms with E-state index in [0.29, 0.717) is 5.89 Å². The lowest BCUT2D eigenvalue weighted by Crippen LogP contribution is -2.46. The Hall–Kier alpha value is -2.76. The van der Waals surface area contributed by atoms with Crippen LogP contribution in [-0.2, 0) is 5.41 Å². The number of piperidine rings is 1. The van der Waals surface area contributed by atoms with Crippen LogP contribution < -0.4 is 0 Å². The molecule has 1 aliphatic carbocycles. The van der Waals surface area contributed by atoms with Crippen molar-refractivity contribution in [2.45, 2.75) is 44.4 Å². The molecule has 2 fully saturated rings. The number of carbonyl (C=O) groups excluding carboxylic acids is 1. The Morgan fingerprint density at radius 3 is 2.79 bits per heavy atom. The van der Waals surface area contributed by atoms with Crippen molar-refractivity contribution in [3.8, 4) is 0 Å². The van der Waals surface area contributed by atoms with Gasteiger partial charge in [-0.05, 0) is 49.4 Å². The Labute approximate surface area is 163 Å². The molecule has 1 amide bonds. The fourth-order valence-electron chi connectivity index (χ4n) is 4.44. The zero-order chi connectivity index (χ0) is 19.1. The lowest BCUT2D eigenvalue weighted by molar-refractivity contribution is 0.0645. The van der Waals surface area contributed by atoms with E-state index in [0.717, 1.165) is 60.6 Å². The Morgan fingerprint density at radius 2 is 2.07 bits per heavy atom. The van der Waals surface area contributed by atoms with E-state index < -0.39 is 0 Å². The Morgan fingerprint density at radius 1 is 1.25 bits per heavy atom. The highest BCUT2D eigenvalue weighted by Crippen LogP contribution is 2.46. The van der Waals surface area contributed by atoms with Crippen molar-refractivity contribution >= 4 is 16.8 Å². The van der Waals surface area contributed by atoms with Crippen LogP contribution in [0.5, 0.6) is 0 Å². The summed E-state index contributed by atoms with van der Waals surface area (Å²) in [6.45, 7) is 3.29. The van der Waals surface area contributed by atoms with Crippen LogP contribution >= 0.6 is 0 Å². The molecule has 3 aromatic rings. The van der Waals surface area contributed by atoms with Gasteiger partial charge in [0.05, 0.1) is 5.52 Å². The molecule has 144 valence electrons. The molecule has 0 atom stereocenters. The van der Waals surface area contributed by atoms with Crippen molar-refractivity contribution in [2.75, 3.05) is 13.1 Å². The van der Waals surface area contributed by atoms with E-state index in [2.05, 4.69) is 15.1 Å². The third-order valence-electron chi connectivity index (χ3n) is 6.24. The first kappa shape index (κ1) is 17.3. The van der Waals surface area contributed by atoms with E-state index >= 15 is 0 Å². The number of rotatable bonds is 4. The second-order valence-corrected chi connectivity index (χ2v) is 8.27. The highest BCUT2D eigenvalue weighted by molar-refractivity contribution is 5.98. The van der Waals surface area contributed by atoms with E-state index in [1.165, 1.54) is 12.8 Å². The molecule has 6 nitrogen and oxygen atoms in total. The highest BCUT2D eigenvalue weighted by Gasteiger charge is 2.44. The topological polar surface area (TPSA) is 72.1 Å².